The number of amides is 1. The van der Waals surface area contributed by atoms with Gasteiger partial charge in [0.1, 0.15) is 0 Å². The average Bonchev–Trinajstić information content (AvgIpc) is 2.59. The van der Waals surface area contributed by atoms with Crippen LogP contribution in [0.3, 0.4) is 0 Å². The average molecular weight is 329 g/mol. The SMILES string of the molecule is CCOC(=O)NNC(=Nc1ccccc1)SCc1ccccc1. The highest BCUT2D eigenvalue weighted by molar-refractivity contribution is 8.13. The molecule has 0 saturated carbocycles. The van der Waals surface area contributed by atoms with Crippen LogP contribution in [0.1, 0.15) is 12.5 Å². The van der Waals surface area contributed by atoms with Gasteiger partial charge < -0.3 is 4.74 Å². The number of hydrogen-bond acceptors (Lipinski definition) is 4. The number of rotatable bonds is 4. The van der Waals surface area contributed by atoms with Gasteiger partial charge in [-0.2, -0.15) is 0 Å². The van der Waals surface area contributed by atoms with Crippen LogP contribution in [0.5, 0.6) is 0 Å². The van der Waals surface area contributed by atoms with Gasteiger partial charge in [0.25, 0.3) is 0 Å². The molecule has 120 valence electrons. The third-order valence-corrected chi connectivity index (χ3v) is 3.70. The van der Waals surface area contributed by atoms with E-state index in [1.165, 1.54) is 17.3 Å². The van der Waals surface area contributed by atoms with Crippen molar-refractivity contribution >= 4 is 28.7 Å². The van der Waals surface area contributed by atoms with E-state index in [1.54, 1.807) is 6.92 Å². The van der Waals surface area contributed by atoms with E-state index in [2.05, 4.69) is 15.8 Å². The second-order valence-corrected chi connectivity index (χ2v) is 5.46. The molecule has 0 aromatic heterocycles. The Morgan fingerprint density at radius 3 is 2.35 bits per heavy atom. The number of para-hydroxylation sites is 1. The van der Waals surface area contributed by atoms with E-state index < -0.39 is 6.09 Å². The maximum atomic E-state index is 11.4. The molecule has 0 aliphatic carbocycles. The van der Waals surface area contributed by atoms with Gasteiger partial charge in [-0.05, 0) is 24.6 Å². The zero-order chi connectivity index (χ0) is 16.3. The summed E-state index contributed by atoms with van der Waals surface area (Å²) in [6.45, 7) is 2.07. The Hall–Kier alpha value is -2.47. The minimum absolute atomic E-state index is 0.315. The summed E-state index contributed by atoms with van der Waals surface area (Å²) in [6.07, 6.45) is -0.534. The second kappa shape index (κ2) is 9.53. The van der Waals surface area contributed by atoms with Crippen molar-refractivity contribution in [1.29, 1.82) is 0 Å². The lowest BCUT2D eigenvalue weighted by Gasteiger charge is -2.11. The van der Waals surface area contributed by atoms with Crippen molar-refractivity contribution in [3.05, 3.63) is 66.2 Å². The molecule has 0 unspecified atom stereocenters. The van der Waals surface area contributed by atoms with Crippen molar-refractivity contribution in [1.82, 2.24) is 10.9 Å². The number of ether oxygens (including phenoxy) is 1. The molecule has 5 nitrogen and oxygen atoms in total. The zero-order valence-electron chi connectivity index (χ0n) is 12.9. The topological polar surface area (TPSA) is 62.7 Å². The summed E-state index contributed by atoms with van der Waals surface area (Å²) in [7, 11) is 0. The van der Waals surface area contributed by atoms with Crippen LogP contribution in [0.4, 0.5) is 10.5 Å². The summed E-state index contributed by atoms with van der Waals surface area (Å²) in [5.74, 6) is 0.740. The zero-order valence-corrected chi connectivity index (χ0v) is 13.7. The van der Waals surface area contributed by atoms with Crippen LogP contribution in [0.25, 0.3) is 0 Å². The lowest BCUT2D eigenvalue weighted by molar-refractivity contribution is 0.150. The highest BCUT2D eigenvalue weighted by atomic mass is 32.2. The molecule has 0 fully saturated rings. The molecule has 0 atom stereocenters. The van der Waals surface area contributed by atoms with Gasteiger partial charge in [-0.25, -0.2) is 15.2 Å². The van der Waals surface area contributed by atoms with E-state index in [0.29, 0.717) is 11.8 Å². The normalized spacial score (nSPS) is 10.9. The number of aliphatic imine (C=N–C) groups is 1. The first-order valence-corrected chi connectivity index (χ1v) is 8.25. The number of thioether (sulfide) groups is 1. The molecule has 0 radical (unpaired) electrons. The highest BCUT2D eigenvalue weighted by Crippen LogP contribution is 2.17. The van der Waals surface area contributed by atoms with Crippen molar-refractivity contribution < 1.29 is 9.53 Å². The molecule has 2 aromatic carbocycles. The minimum atomic E-state index is -0.534. The number of benzene rings is 2. The first kappa shape index (κ1) is 16.9. The van der Waals surface area contributed by atoms with Gasteiger partial charge in [0.15, 0.2) is 5.17 Å². The molecule has 2 aromatic rings. The fourth-order valence-corrected chi connectivity index (χ4v) is 2.50. The predicted octanol–water partition coefficient (Wildman–Crippen LogP) is 3.86. The van der Waals surface area contributed by atoms with Crippen LogP contribution < -0.4 is 10.9 Å². The van der Waals surface area contributed by atoms with Crippen molar-refractivity contribution in [3.63, 3.8) is 0 Å². The van der Waals surface area contributed by atoms with Crippen molar-refractivity contribution in [2.45, 2.75) is 12.7 Å². The summed E-state index contributed by atoms with van der Waals surface area (Å²) in [4.78, 5) is 15.9. The van der Waals surface area contributed by atoms with Crippen LogP contribution in [-0.2, 0) is 10.5 Å². The molecule has 0 spiro atoms. The molecule has 0 bridgehead atoms. The first-order valence-electron chi connectivity index (χ1n) is 7.27. The smallest absolute Gasteiger partial charge is 0.425 e. The number of nitrogens with one attached hydrogen (secondary N) is 2. The van der Waals surface area contributed by atoms with Gasteiger partial charge in [0.2, 0.25) is 0 Å². The van der Waals surface area contributed by atoms with Crippen LogP contribution in [-0.4, -0.2) is 17.9 Å². The highest BCUT2D eigenvalue weighted by Gasteiger charge is 2.05. The first-order chi connectivity index (χ1) is 11.3. The largest absolute Gasteiger partial charge is 0.449 e. The number of nitrogens with zero attached hydrogens (tertiary/aromatic N) is 1. The molecule has 2 rings (SSSR count). The summed E-state index contributed by atoms with van der Waals surface area (Å²) < 4.78 is 4.83. The van der Waals surface area contributed by atoms with Gasteiger partial charge >= 0.3 is 6.09 Å². The second-order valence-electron chi connectivity index (χ2n) is 4.50. The predicted molar refractivity (Wildman–Crippen MR) is 94.6 cm³/mol. The van der Waals surface area contributed by atoms with Crippen molar-refractivity contribution in [2.75, 3.05) is 6.61 Å². The maximum absolute atomic E-state index is 11.4. The number of hydrogen-bond donors (Lipinski definition) is 2. The van der Waals surface area contributed by atoms with E-state index in [-0.39, 0.29) is 0 Å². The standard InChI is InChI=1S/C17H19N3O2S/c1-2-22-17(21)20-19-16(18-15-11-7-4-8-12-15)23-13-14-9-5-3-6-10-14/h3-12H,2,13H2,1H3,(H,18,19)(H,20,21). The molecule has 0 heterocycles. The summed E-state index contributed by atoms with van der Waals surface area (Å²) >= 11 is 1.50. The fraction of sp³-hybridized carbons (Fsp3) is 0.176. The maximum Gasteiger partial charge on any atom is 0.425 e. The quantitative estimate of drug-likeness (QED) is 0.508. The third-order valence-electron chi connectivity index (χ3n) is 2.75. The minimum Gasteiger partial charge on any atom is -0.449 e. The molecular formula is C17H19N3O2S. The molecular weight excluding hydrogens is 310 g/mol. The van der Waals surface area contributed by atoms with E-state index in [4.69, 9.17) is 4.74 Å². The fourth-order valence-electron chi connectivity index (χ4n) is 1.71. The molecule has 23 heavy (non-hydrogen) atoms. The van der Waals surface area contributed by atoms with Crippen molar-refractivity contribution in [3.8, 4) is 0 Å². The van der Waals surface area contributed by atoms with Crippen molar-refractivity contribution in [2.24, 2.45) is 4.99 Å². The summed E-state index contributed by atoms with van der Waals surface area (Å²) in [5.41, 5.74) is 7.27. The lowest BCUT2D eigenvalue weighted by atomic mass is 10.2. The number of carbonyl (C=O) groups is 1. The van der Waals surface area contributed by atoms with Crippen LogP contribution in [0.2, 0.25) is 0 Å². The van der Waals surface area contributed by atoms with E-state index in [1.807, 2.05) is 60.7 Å². The third kappa shape index (κ3) is 6.44. The van der Waals surface area contributed by atoms with E-state index in [0.717, 1.165) is 11.4 Å². The van der Waals surface area contributed by atoms with Gasteiger partial charge in [-0.1, -0.05) is 60.3 Å². The van der Waals surface area contributed by atoms with E-state index >= 15 is 0 Å². The number of carbonyl (C=O) groups excluding carboxylic acids is 1. The summed E-state index contributed by atoms with van der Waals surface area (Å²) in [5, 5.41) is 0.591. The van der Waals surface area contributed by atoms with Crippen LogP contribution in [0.15, 0.2) is 65.7 Å². The molecule has 0 aliphatic rings. The Labute approximate surface area is 140 Å². The van der Waals surface area contributed by atoms with E-state index in [9.17, 15) is 4.79 Å². The molecule has 6 heteroatoms. The Morgan fingerprint density at radius 2 is 1.70 bits per heavy atom. The van der Waals surface area contributed by atoms with Crippen LogP contribution in [0, 0.1) is 0 Å². The number of amidine groups is 1. The number of hydrazine groups is 1. The van der Waals surface area contributed by atoms with Gasteiger partial charge in [-0.3, -0.25) is 5.43 Å². The molecule has 0 saturated heterocycles. The Morgan fingerprint density at radius 1 is 1.04 bits per heavy atom. The Bertz CT molecular complexity index is 633. The van der Waals surface area contributed by atoms with Crippen LogP contribution >= 0.6 is 11.8 Å². The molecule has 0 aliphatic heterocycles. The molecule has 2 N–H and O–H groups in total. The lowest BCUT2D eigenvalue weighted by Crippen LogP contribution is -2.40. The monoisotopic (exact) mass is 329 g/mol. The molecule has 1 amide bonds. The van der Waals surface area contributed by atoms with Gasteiger partial charge in [0.05, 0.1) is 12.3 Å². The Kier molecular flexibility index (Phi) is 7.00. The van der Waals surface area contributed by atoms with Gasteiger partial charge in [0, 0.05) is 5.75 Å². The Balaban J connectivity index is 2.01. The van der Waals surface area contributed by atoms with Gasteiger partial charge in [-0.15, -0.1) is 0 Å². The summed E-state index contributed by atoms with van der Waals surface area (Å²) in [6, 6.07) is 19.6.